The first-order valence-corrected chi connectivity index (χ1v) is 8.59. The van der Waals surface area contributed by atoms with E-state index in [0.717, 1.165) is 43.2 Å². The molecule has 132 valence electrons. The van der Waals surface area contributed by atoms with E-state index >= 15 is 0 Å². The van der Waals surface area contributed by atoms with Gasteiger partial charge in [-0.3, -0.25) is 0 Å². The zero-order valence-electron chi connectivity index (χ0n) is 15.6. The third-order valence-electron chi connectivity index (χ3n) is 4.70. The number of likely N-dealkylation sites (N-methyl/N-ethyl adjacent to an activating group) is 1. The molecule has 0 aliphatic carbocycles. The van der Waals surface area contributed by atoms with Crippen molar-refractivity contribution >= 4 is 5.57 Å². The fraction of sp³-hybridized carbons (Fsp3) is 0.500. The van der Waals surface area contributed by atoms with Gasteiger partial charge < -0.3 is 19.3 Å². The Morgan fingerprint density at radius 2 is 1.79 bits per heavy atom. The Kier molecular flexibility index (Phi) is 6.32. The van der Waals surface area contributed by atoms with Crippen LogP contribution in [0.3, 0.4) is 0 Å². The fourth-order valence-electron chi connectivity index (χ4n) is 3.44. The first-order valence-electron chi connectivity index (χ1n) is 8.59. The summed E-state index contributed by atoms with van der Waals surface area (Å²) in [6, 6.07) is 5.93. The molecule has 1 aliphatic heterocycles. The molecule has 0 amide bonds. The molecular formula is C20H30N2O2. The minimum Gasteiger partial charge on any atom is -0.496 e. The molecule has 1 atom stereocenters. The van der Waals surface area contributed by atoms with Crippen molar-refractivity contribution in [2.45, 2.75) is 13.8 Å². The highest BCUT2D eigenvalue weighted by Crippen LogP contribution is 2.38. The van der Waals surface area contributed by atoms with Crippen LogP contribution in [0.15, 0.2) is 36.6 Å². The Morgan fingerprint density at radius 3 is 2.29 bits per heavy atom. The Bertz CT molecular complexity index is 583. The second-order valence-electron chi connectivity index (χ2n) is 6.20. The summed E-state index contributed by atoms with van der Waals surface area (Å²) in [5, 5.41) is 0. The SMILES string of the molecule is C=C([C@H]1C=C(c2c(OC)cccc2OC)CN(C)C1)N(CC)CC. The fourth-order valence-corrected chi connectivity index (χ4v) is 3.44. The Labute approximate surface area is 146 Å². The number of methoxy groups -OCH3 is 2. The van der Waals surface area contributed by atoms with Crippen LogP contribution < -0.4 is 9.47 Å². The molecule has 1 aliphatic rings. The van der Waals surface area contributed by atoms with E-state index in [1.54, 1.807) is 14.2 Å². The van der Waals surface area contributed by atoms with Gasteiger partial charge in [0, 0.05) is 37.8 Å². The van der Waals surface area contributed by atoms with Gasteiger partial charge in [0.1, 0.15) is 11.5 Å². The van der Waals surface area contributed by atoms with E-state index in [-0.39, 0.29) is 0 Å². The average molecular weight is 330 g/mol. The zero-order chi connectivity index (χ0) is 17.7. The smallest absolute Gasteiger partial charge is 0.130 e. The minimum absolute atomic E-state index is 0.299. The van der Waals surface area contributed by atoms with Crippen LogP contribution in [-0.4, -0.2) is 57.2 Å². The largest absolute Gasteiger partial charge is 0.496 e. The lowest BCUT2D eigenvalue weighted by Gasteiger charge is -2.35. The Morgan fingerprint density at radius 1 is 1.21 bits per heavy atom. The van der Waals surface area contributed by atoms with Crippen molar-refractivity contribution in [1.82, 2.24) is 9.80 Å². The molecule has 4 nitrogen and oxygen atoms in total. The summed E-state index contributed by atoms with van der Waals surface area (Å²) in [4.78, 5) is 4.66. The van der Waals surface area contributed by atoms with Crippen molar-refractivity contribution in [2.75, 3.05) is 47.4 Å². The predicted octanol–water partition coefficient (Wildman–Crippen LogP) is 3.50. The van der Waals surface area contributed by atoms with Gasteiger partial charge in [0.25, 0.3) is 0 Å². The molecule has 0 bridgehead atoms. The third kappa shape index (κ3) is 3.75. The molecule has 0 fully saturated rings. The molecule has 0 saturated carbocycles. The topological polar surface area (TPSA) is 24.9 Å². The van der Waals surface area contributed by atoms with Crippen LogP contribution in [0.4, 0.5) is 0 Å². The normalized spacial score (nSPS) is 18.0. The maximum atomic E-state index is 5.59. The van der Waals surface area contributed by atoms with Gasteiger partial charge >= 0.3 is 0 Å². The van der Waals surface area contributed by atoms with Crippen LogP contribution in [0, 0.1) is 5.92 Å². The van der Waals surface area contributed by atoms with E-state index in [1.165, 1.54) is 11.3 Å². The molecule has 4 heteroatoms. The van der Waals surface area contributed by atoms with E-state index in [4.69, 9.17) is 9.47 Å². The third-order valence-corrected chi connectivity index (χ3v) is 4.70. The quantitative estimate of drug-likeness (QED) is 0.764. The standard InChI is InChI=1S/C20H30N2O2/c1-7-22(8-2)15(3)16-12-17(14-21(4)13-16)20-18(23-5)10-9-11-19(20)24-6/h9-12,16H,3,7-8,13-14H2,1-2,4-6H3/t16-/m0/s1. The summed E-state index contributed by atoms with van der Waals surface area (Å²) >= 11 is 0. The van der Waals surface area contributed by atoms with Crippen LogP contribution in [-0.2, 0) is 0 Å². The van der Waals surface area contributed by atoms with E-state index in [0.29, 0.717) is 5.92 Å². The lowest BCUT2D eigenvalue weighted by Crippen LogP contribution is -2.36. The molecule has 0 aromatic heterocycles. The van der Waals surface area contributed by atoms with Gasteiger partial charge in [0.05, 0.1) is 19.8 Å². The Hall–Kier alpha value is -1.94. The van der Waals surface area contributed by atoms with E-state index in [1.807, 2.05) is 18.2 Å². The maximum Gasteiger partial charge on any atom is 0.130 e. The molecule has 0 unspecified atom stereocenters. The van der Waals surface area contributed by atoms with Crippen LogP contribution >= 0.6 is 0 Å². The van der Waals surface area contributed by atoms with Crippen molar-refractivity contribution in [1.29, 1.82) is 0 Å². The highest BCUT2D eigenvalue weighted by molar-refractivity contribution is 5.77. The second kappa shape index (κ2) is 8.25. The van der Waals surface area contributed by atoms with Crippen LogP contribution in [0.5, 0.6) is 11.5 Å². The molecule has 24 heavy (non-hydrogen) atoms. The van der Waals surface area contributed by atoms with Crippen LogP contribution in [0.2, 0.25) is 0 Å². The number of benzene rings is 1. The second-order valence-corrected chi connectivity index (χ2v) is 6.20. The summed E-state index contributed by atoms with van der Waals surface area (Å²) in [6.45, 7) is 12.5. The van der Waals surface area contributed by atoms with Crippen molar-refractivity contribution < 1.29 is 9.47 Å². The average Bonchev–Trinajstić information content (AvgIpc) is 2.61. The first kappa shape index (κ1) is 18.4. The summed E-state index contributed by atoms with van der Waals surface area (Å²) in [7, 11) is 5.56. The number of hydrogen-bond donors (Lipinski definition) is 0. The first-order chi connectivity index (χ1) is 11.5. The number of ether oxygens (including phenoxy) is 2. The molecule has 2 rings (SSSR count). The number of rotatable bonds is 7. The van der Waals surface area contributed by atoms with Gasteiger partial charge in [-0.1, -0.05) is 18.7 Å². The van der Waals surface area contributed by atoms with Gasteiger partial charge in [-0.15, -0.1) is 0 Å². The van der Waals surface area contributed by atoms with E-state index in [2.05, 4.69) is 43.3 Å². The van der Waals surface area contributed by atoms with E-state index < -0.39 is 0 Å². The molecule has 0 saturated heterocycles. The molecule has 0 N–H and O–H groups in total. The van der Waals surface area contributed by atoms with Gasteiger partial charge in [-0.2, -0.15) is 0 Å². The monoisotopic (exact) mass is 330 g/mol. The highest BCUT2D eigenvalue weighted by Gasteiger charge is 2.25. The number of nitrogens with zero attached hydrogens (tertiary/aromatic N) is 2. The zero-order valence-corrected chi connectivity index (χ0v) is 15.6. The Balaban J connectivity index is 2.44. The van der Waals surface area contributed by atoms with Crippen molar-refractivity contribution in [3.63, 3.8) is 0 Å². The van der Waals surface area contributed by atoms with E-state index in [9.17, 15) is 0 Å². The molecule has 1 aromatic carbocycles. The van der Waals surface area contributed by atoms with Crippen molar-refractivity contribution in [2.24, 2.45) is 5.92 Å². The van der Waals surface area contributed by atoms with Gasteiger partial charge in [-0.05, 0) is 38.6 Å². The summed E-state index contributed by atoms with van der Waals surface area (Å²) in [5.74, 6) is 2.00. The van der Waals surface area contributed by atoms with Crippen molar-refractivity contribution in [3.05, 3.63) is 42.1 Å². The summed E-state index contributed by atoms with van der Waals surface area (Å²) in [5.41, 5.74) is 3.46. The molecule has 1 heterocycles. The molecular weight excluding hydrogens is 300 g/mol. The van der Waals surface area contributed by atoms with Gasteiger partial charge in [0.15, 0.2) is 0 Å². The van der Waals surface area contributed by atoms with Gasteiger partial charge in [0.2, 0.25) is 0 Å². The van der Waals surface area contributed by atoms with Crippen molar-refractivity contribution in [3.8, 4) is 11.5 Å². The van der Waals surface area contributed by atoms with Crippen LogP contribution in [0.25, 0.3) is 5.57 Å². The lowest BCUT2D eigenvalue weighted by molar-refractivity contribution is 0.284. The van der Waals surface area contributed by atoms with Gasteiger partial charge in [-0.25, -0.2) is 0 Å². The number of hydrogen-bond acceptors (Lipinski definition) is 4. The summed E-state index contributed by atoms with van der Waals surface area (Å²) < 4.78 is 11.2. The molecule has 0 radical (unpaired) electrons. The lowest BCUT2D eigenvalue weighted by atomic mass is 9.92. The summed E-state index contributed by atoms with van der Waals surface area (Å²) in [6.07, 6.45) is 2.33. The molecule has 1 aromatic rings. The minimum atomic E-state index is 0.299. The highest BCUT2D eigenvalue weighted by atomic mass is 16.5. The predicted molar refractivity (Wildman–Crippen MR) is 101 cm³/mol. The molecule has 0 spiro atoms. The van der Waals surface area contributed by atoms with Crippen LogP contribution in [0.1, 0.15) is 19.4 Å². The maximum absolute atomic E-state index is 5.59.